The second-order valence-corrected chi connectivity index (χ2v) is 6.58. The Hall–Kier alpha value is -3.02. The van der Waals surface area contributed by atoms with E-state index in [9.17, 15) is 10.1 Å². The smallest absolute Gasteiger partial charge is 0.275 e. The average molecular weight is 352 g/mol. The first-order valence-electron chi connectivity index (χ1n) is 8.56. The number of hydrogen-bond donors (Lipinski definition) is 1. The number of nitro benzene ring substituents is 1. The molecule has 0 unspecified atom stereocenters. The molecule has 0 fully saturated rings. The molecule has 1 heterocycles. The summed E-state index contributed by atoms with van der Waals surface area (Å²) < 4.78 is 10.9. The first-order chi connectivity index (χ1) is 12.6. The third kappa shape index (κ3) is 2.49. The minimum atomic E-state index is -0.310. The normalized spacial score (nSPS) is 22.9. The summed E-state index contributed by atoms with van der Waals surface area (Å²) in [5, 5.41) is 15.1. The lowest BCUT2D eigenvalue weighted by molar-refractivity contribution is -0.385. The summed E-state index contributed by atoms with van der Waals surface area (Å²) in [6.07, 6.45) is 5.07. The van der Waals surface area contributed by atoms with Crippen molar-refractivity contribution in [1.29, 1.82) is 0 Å². The largest absolute Gasteiger partial charge is 0.497 e. The molecule has 2 aromatic carbocycles. The Balaban J connectivity index is 1.87. The molecule has 134 valence electrons. The van der Waals surface area contributed by atoms with E-state index in [1.807, 2.05) is 18.2 Å². The monoisotopic (exact) mass is 352 g/mol. The van der Waals surface area contributed by atoms with Crippen molar-refractivity contribution in [3.8, 4) is 11.5 Å². The molecular formula is C20H20N2O4. The Morgan fingerprint density at radius 3 is 2.77 bits per heavy atom. The average Bonchev–Trinajstić information content (AvgIpc) is 3.16. The van der Waals surface area contributed by atoms with Crippen LogP contribution < -0.4 is 14.8 Å². The van der Waals surface area contributed by atoms with E-state index in [2.05, 4.69) is 23.5 Å². The SMILES string of the molecule is COc1cccc([C@@H]2Nc3c(OC)ccc([N+](=O)[O-])c3[C@H]3C=CC[C@H]32)c1. The van der Waals surface area contributed by atoms with Gasteiger partial charge < -0.3 is 14.8 Å². The van der Waals surface area contributed by atoms with Crippen molar-refractivity contribution in [2.75, 3.05) is 19.5 Å². The lowest BCUT2D eigenvalue weighted by Crippen LogP contribution is -2.30. The zero-order chi connectivity index (χ0) is 18.3. The maximum absolute atomic E-state index is 11.6. The van der Waals surface area contributed by atoms with Gasteiger partial charge in [0.25, 0.3) is 5.69 Å². The molecule has 3 atom stereocenters. The van der Waals surface area contributed by atoms with Crippen LogP contribution in [-0.2, 0) is 0 Å². The van der Waals surface area contributed by atoms with Crippen LogP contribution in [0.2, 0.25) is 0 Å². The first-order valence-corrected chi connectivity index (χ1v) is 8.56. The van der Waals surface area contributed by atoms with Gasteiger partial charge in [-0.15, -0.1) is 0 Å². The molecule has 0 aromatic heterocycles. The van der Waals surface area contributed by atoms with Crippen LogP contribution in [0.4, 0.5) is 11.4 Å². The third-order valence-corrected chi connectivity index (χ3v) is 5.33. The summed E-state index contributed by atoms with van der Waals surface area (Å²) in [4.78, 5) is 11.3. The molecule has 1 N–H and O–H groups in total. The number of benzene rings is 2. The van der Waals surface area contributed by atoms with Gasteiger partial charge in [0, 0.05) is 12.0 Å². The lowest BCUT2D eigenvalue weighted by atomic mass is 9.76. The van der Waals surface area contributed by atoms with E-state index in [0.29, 0.717) is 17.0 Å². The number of nitrogens with one attached hydrogen (secondary N) is 1. The number of hydrogen-bond acceptors (Lipinski definition) is 5. The fourth-order valence-electron chi connectivity index (χ4n) is 4.16. The number of nitro groups is 1. The molecule has 0 radical (unpaired) electrons. The quantitative estimate of drug-likeness (QED) is 0.500. The minimum absolute atomic E-state index is 0.0158. The van der Waals surface area contributed by atoms with E-state index >= 15 is 0 Å². The van der Waals surface area contributed by atoms with Crippen molar-refractivity contribution in [1.82, 2.24) is 0 Å². The van der Waals surface area contributed by atoms with Crippen molar-refractivity contribution in [3.05, 3.63) is 69.8 Å². The van der Waals surface area contributed by atoms with E-state index in [1.165, 1.54) is 6.07 Å². The van der Waals surface area contributed by atoms with Crippen LogP contribution in [0.15, 0.2) is 48.6 Å². The maximum Gasteiger partial charge on any atom is 0.275 e. The maximum atomic E-state index is 11.6. The predicted molar refractivity (Wildman–Crippen MR) is 99.0 cm³/mol. The standard InChI is InChI=1S/C20H20N2O4/c1-25-13-6-3-5-12(11-13)19-15-8-4-7-14(15)18-16(22(23)24)9-10-17(26-2)20(18)21-19/h3-7,9-11,14-15,19,21H,8H2,1-2H3/t14-,15+,19-/m0/s1. The summed E-state index contributed by atoms with van der Waals surface area (Å²) in [6.45, 7) is 0. The second-order valence-electron chi connectivity index (χ2n) is 6.58. The highest BCUT2D eigenvalue weighted by atomic mass is 16.6. The van der Waals surface area contributed by atoms with Crippen molar-refractivity contribution in [3.63, 3.8) is 0 Å². The molecule has 2 aliphatic rings. The van der Waals surface area contributed by atoms with Crippen molar-refractivity contribution in [2.45, 2.75) is 18.4 Å². The molecule has 1 aliphatic carbocycles. The number of nitrogens with zero attached hydrogens (tertiary/aromatic N) is 1. The predicted octanol–water partition coefficient (Wildman–Crippen LogP) is 4.44. The highest BCUT2D eigenvalue weighted by Crippen LogP contribution is 2.55. The number of anilines is 1. The Bertz CT molecular complexity index is 893. The van der Waals surface area contributed by atoms with Crippen LogP contribution in [0.1, 0.15) is 29.5 Å². The zero-order valence-corrected chi connectivity index (χ0v) is 14.6. The number of methoxy groups -OCH3 is 2. The van der Waals surface area contributed by atoms with Gasteiger partial charge in [0.1, 0.15) is 11.5 Å². The van der Waals surface area contributed by atoms with Crippen LogP contribution in [0, 0.1) is 16.0 Å². The highest BCUT2D eigenvalue weighted by molar-refractivity contribution is 5.73. The Labute approximate surface area is 151 Å². The van der Waals surface area contributed by atoms with E-state index in [-0.39, 0.29) is 28.5 Å². The summed E-state index contributed by atoms with van der Waals surface area (Å²) in [6, 6.07) is 11.2. The van der Waals surface area contributed by atoms with Crippen LogP contribution in [0.5, 0.6) is 11.5 Å². The minimum Gasteiger partial charge on any atom is -0.497 e. The van der Waals surface area contributed by atoms with Gasteiger partial charge in [-0.05, 0) is 36.1 Å². The Morgan fingerprint density at radius 1 is 1.19 bits per heavy atom. The van der Waals surface area contributed by atoms with E-state index in [1.54, 1.807) is 20.3 Å². The van der Waals surface area contributed by atoms with Crippen molar-refractivity contribution < 1.29 is 14.4 Å². The molecule has 0 saturated heterocycles. The number of fused-ring (bicyclic) bond motifs is 3. The van der Waals surface area contributed by atoms with Crippen molar-refractivity contribution >= 4 is 11.4 Å². The molecule has 6 heteroatoms. The molecule has 0 bridgehead atoms. The van der Waals surface area contributed by atoms with Gasteiger partial charge >= 0.3 is 0 Å². The summed E-state index contributed by atoms with van der Waals surface area (Å²) in [5.41, 5.74) is 2.66. The summed E-state index contributed by atoms with van der Waals surface area (Å²) in [7, 11) is 3.23. The topological polar surface area (TPSA) is 73.6 Å². The fraction of sp³-hybridized carbons (Fsp3) is 0.300. The first kappa shape index (κ1) is 16.4. The Morgan fingerprint density at radius 2 is 2.04 bits per heavy atom. The van der Waals surface area contributed by atoms with Crippen LogP contribution in [-0.4, -0.2) is 19.1 Å². The second kappa shape index (κ2) is 6.37. The highest BCUT2D eigenvalue weighted by Gasteiger charge is 2.42. The number of allylic oxidation sites excluding steroid dienone is 2. The Kier molecular flexibility index (Phi) is 4.03. The van der Waals surface area contributed by atoms with Gasteiger partial charge in [-0.25, -0.2) is 0 Å². The van der Waals surface area contributed by atoms with E-state index in [4.69, 9.17) is 9.47 Å². The molecule has 0 spiro atoms. The number of rotatable bonds is 4. The molecule has 4 rings (SSSR count). The van der Waals surface area contributed by atoms with Gasteiger partial charge in [-0.1, -0.05) is 24.3 Å². The van der Waals surface area contributed by atoms with Gasteiger partial charge in [0.2, 0.25) is 0 Å². The fourth-order valence-corrected chi connectivity index (χ4v) is 4.16. The van der Waals surface area contributed by atoms with Crippen LogP contribution >= 0.6 is 0 Å². The summed E-state index contributed by atoms with van der Waals surface area (Å²) in [5.74, 6) is 1.61. The molecular weight excluding hydrogens is 332 g/mol. The molecule has 26 heavy (non-hydrogen) atoms. The van der Waals surface area contributed by atoms with Crippen molar-refractivity contribution in [2.24, 2.45) is 5.92 Å². The summed E-state index contributed by atoms with van der Waals surface area (Å²) >= 11 is 0. The molecule has 1 aliphatic heterocycles. The van der Waals surface area contributed by atoms with Gasteiger partial charge in [-0.3, -0.25) is 10.1 Å². The van der Waals surface area contributed by atoms with E-state index in [0.717, 1.165) is 17.7 Å². The number of ether oxygens (including phenoxy) is 2. The zero-order valence-electron chi connectivity index (χ0n) is 14.6. The van der Waals surface area contributed by atoms with Crippen LogP contribution in [0.25, 0.3) is 0 Å². The van der Waals surface area contributed by atoms with Crippen LogP contribution in [0.3, 0.4) is 0 Å². The molecule has 0 saturated carbocycles. The molecule has 2 aromatic rings. The van der Waals surface area contributed by atoms with Gasteiger partial charge in [0.15, 0.2) is 0 Å². The third-order valence-electron chi connectivity index (χ3n) is 5.33. The van der Waals surface area contributed by atoms with E-state index < -0.39 is 0 Å². The van der Waals surface area contributed by atoms with Gasteiger partial charge in [0.05, 0.1) is 36.4 Å². The van der Waals surface area contributed by atoms with Gasteiger partial charge in [-0.2, -0.15) is 0 Å². The molecule has 6 nitrogen and oxygen atoms in total. The molecule has 0 amide bonds. The lowest BCUT2D eigenvalue weighted by Gasteiger charge is -2.37.